The summed E-state index contributed by atoms with van der Waals surface area (Å²) in [5.74, 6) is -0.245. The number of halogens is 1. The van der Waals surface area contributed by atoms with Gasteiger partial charge in [-0.3, -0.25) is 5.10 Å². The zero-order valence-corrected chi connectivity index (χ0v) is 15.3. The van der Waals surface area contributed by atoms with Crippen molar-refractivity contribution in [2.75, 3.05) is 0 Å². The summed E-state index contributed by atoms with van der Waals surface area (Å²) in [7, 11) is 0. The van der Waals surface area contributed by atoms with Gasteiger partial charge in [-0.1, -0.05) is 0 Å². The lowest BCUT2D eigenvalue weighted by atomic mass is 10.2. The molecule has 3 aromatic heterocycles. The first-order chi connectivity index (χ1) is 14.0. The van der Waals surface area contributed by atoms with Crippen molar-refractivity contribution < 1.29 is 14.2 Å². The molecule has 1 aromatic carbocycles. The number of hydrogen-bond acceptors (Lipinski definition) is 8. The van der Waals surface area contributed by atoms with Gasteiger partial charge in [0.1, 0.15) is 11.9 Å². The molecule has 0 aliphatic heterocycles. The second kappa shape index (κ2) is 7.73. The molecular weight excluding hydrogens is 379 g/mol. The molecule has 0 aliphatic rings. The monoisotopic (exact) mass is 396 g/mol. The van der Waals surface area contributed by atoms with Crippen molar-refractivity contribution in [3.63, 3.8) is 0 Å². The van der Waals surface area contributed by atoms with Crippen molar-refractivity contribution in [2.45, 2.75) is 19.1 Å². The van der Waals surface area contributed by atoms with Gasteiger partial charge in [-0.05, 0) is 48.5 Å². The summed E-state index contributed by atoms with van der Waals surface area (Å²) >= 11 is 0. The smallest absolute Gasteiger partial charge is 0.255 e. The molecular formula is C18H17FN8O2. The predicted octanol–water partition coefficient (Wildman–Crippen LogP) is 1.76. The number of aliphatic hydroxyl groups is 1. The normalized spacial score (nSPS) is 13.2. The van der Waals surface area contributed by atoms with Crippen molar-refractivity contribution >= 4 is 0 Å². The predicted molar refractivity (Wildman–Crippen MR) is 99.6 cm³/mol. The van der Waals surface area contributed by atoms with E-state index in [0.717, 1.165) is 0 Å². The molecule has 4 rings (SSSR count). The van der Waals surface area contributed by atoms with E-state index in [0.29, 0.717) is 22.7 Å². The van der Waals surface area contributed by atoms with E-state index in [-0.39, 0.29) is 11.7 Å². The Balaban J connectivity index is 1.49. The average Bonchev–Trinajstić information content (AvgIpc) is 3.42. The first kappa shape index (κ1) is 18.7. The first-order valence-corrected chi connectivity index (χ1v) is 8.68. The lowest BCUT2D eigenvalue weighted by molar-refractivity contribution is 0.143. The number of nitrogens with one attached hydrogen (secondary N) is 1. The molecule has 11 heteroatoms. The molecule has 29 heavy (non-hydrogen) atoms. The summed E-state index contributed by atoms with van der Waals surface area (Å²) in [6.07, 6.45) is 2.05. The Morgan fingerprint density at radius 3 is 2.69 bits per heavy atom. The summed E-state index contributed by atoms with van der Waals surface area (Å²) in [6.45, 7) is 1.65. The fourth-order valence-corrected chi connectivity index (χ4v) is 2.51. The average molecular weight is 396 g/mol. The number of H-pyrrole nitrogens is 1. The molecule has 0 radical (unpaired) electrons. The maximum atomic E-state index is 14.3. The van der Waals surface area contributed by atoms with Crippen molar-refractivity contribution in [2.24, 2.45) is 5.73 Å². The number of nitrogens with two attached hydrogens (primary N) is 1. The van der Waals surface area contributed by atoms with E-state index in [1.807, 2.05) is 0 Å². The SMILES string of the molecule is CC(N)C(O)c1nnn(-c2ccc(Oc3ncc(-c4ccn[nH]4)cc3F)cc2)n1. The Morgan fingerprint density at radius 2 is 2.03 bits per heavy atom. The number of aliphatic hydroxyl groups excluding tert-OH is 1. The minimum absolute atomic E-state index is 0.129. The van der Waals surface area contributed by atoms with Crippen LogP contribution in [0.25, 0.3) is 16.9 Å². The number of aromatic amines is 1. The number of tetrazole rings is 1. The molecule has 10 nitrogen and oxygen atoms in total. The maximum Gasteiger partial charge on any atom is 0.255 e. The fraction of sp³-hybridized carbons (Fsp3) is 0.167. The van der Waals surface area contributed by atoms with Gasteiger partial charge in [-0.2, -0.15) is 5.10 Å². The van der Waals surface area contributed by atoms with E-state index < -0.39 is 18.0 Å². The highest BCUT2D eigenvalue weighted by Gasteiger charge is 2.18. The van der Waals surface area contributed by atoms with E-state index in [1.165, 1.54) is 17.1 Å². The van der Waals surface area contributed by atoms with E-state index in [4.69, 9.17) is 10.5 Å². The summed E-state index contributed by atoms with van der Waals surface area (Å²) in [5.41, 5.74) is 7.43. The number of nitrogens with zero attached hydrogens (tertiary/aromatic N) is 6. The van der Waals surface area contributed by atoms with Gasteiger partial charge in [-0.25, -0.2) is 9.37 Å². The van der Waals surface area contributed by atoms with Crippen LogP contribution in [0.15, 0.2) is 48.8 Å². The number of ether oxygens (including phenoxy) is 1. The highest BCUT2D eigenvalue weighted by Crippen LogP contribution is 2.26. The van der Waals surface area contributed by atoms with Crippen LogP contribution in [0.2, 0.25) is 0 Å². The van der Waals surface area contributed by atoms with Gasteiger partial charge in [-0.15, -0.1) is 15.0 Å². The van der Waals surface area contributed by atoms with Crippen LogP contribution >= 0.6 is 0 Å². The summed E-state index contributed by atoms with van der Waals surface area (Å²) < 4.78 is 19.8. The largest absolute Gasteiger partial charge is 0.436 e. The van der Waals surface area contributed by atoms with Crippen molar-refractivity contribution in [1.82, 2.24) is 35.4 Å². The molecule has 2 unspecified atom stereocenters. The zero-order chi connectivity index (χ0) is 20.4. The number of benzene rings is 1. The van der Waals surface area contributed by atoms with E-state index >= 15 is 0 Å². The maximum absolute atomic E-state index is 14.3. The summed E-state index contributed by atoms with van der Waals surface area (Å²) in [5, 5.41) is 28.3. The van der Waals surface area contributed by atoms with Gasteiger partial charge >= 0.3 is 0 Å². The molecule has 0 spiro atoms. The molecule has 4 N–H and O–H groups in total. The van der Waals surface area contributed by atoms with Crippen LogP contribution in [0.1, 0.15) is 18.9 Å². The Hall–Kier alpha value is -3.70. The molecule has 0 bridgehead atoms. The van der Waals surface area contributed by atoms with E-state index in [9.17, 15) is 9.50 Å². The van der Waals surface area contributed by atoms with Crippen LogP contribution in [-0.4, -0.2) is 46.5 Å². The van der Waals surface area contributed by atoms with E-state index in [2.05, 4.69) is 30.6 Å². The Kier molecular flexibility index (Phi) is 4.97. The molecule has 2 atom stereocenters. The van der Waals surface area contributed by atoms with Gasteiger partial charge in [0.25, 0.3) is 5.88 Å². The Morgan fingerprint density at radius 1 is 1.24 bits per heavy atom. The second-order valence-electron chi connectivity index (χ2n) is 6.32. The van der Waals surface area contributed by atoms with Gasteiger partial charge in [0.2, 0.25) is 5.82 Å². The van der Waals surface area contributed by atoms with Crippen LogP contribution in [0, 0.1) is 5.82 Å². The number of aromatic nitrogens is 7. The molecule has 0 saturated heterocycles. The summed E-state index contributed by atoms with van der Waals surface area (Å²) in [4.78, 5) is 5.28. The standard InChI is InChI=1S/C18H17FN8O2/c1-10(20)16(28)17-24-26-27(25-17)12-2-4-13(5-3-12)29-18-14(19)8-11(9-21-18)15-6-7-22-23-15/h2-10,16,28H,20H2,1H3,(H,22,23). The minimum Gasteiger partial charge on any atom is -0.436 e. The van der Waals surface area contributed by atoms with Crippen LogP contribution in [0.3, 0.4) is 0 Å². The minimum atomic E-state index is -1.01. The van der Waals surface area contributed by atoms with Crippen LogP contribution in [-0.2, 0) is 0 Å². The van der Waals surface area contributed by atoms with Crippen LogP contribution in [0.5, 0.6) is 11.6 Å². The van der Waals surface area contributed by atoms with Crippen molar-refractivity contribution in [3.05, 3.63) is 60.4 Å². The third-order valence-corrected chi connectivity index (χ3v) is 4.09. The molecule has 148 valence electrons. The van der Waals surface area contributed by atoms with Crippen molar-refractivity contribution in [1.29, 1.82) is 0 Å². The molecule has 0 saturated carbocycles. The molecule has 0 aliphatic carbocycles. The van der Waals surface area contributed by atoms with Crippen LogP contribution < -0.4 is 10.5 Å². The highest BCUT2D eigenvalue weighted by atomic mass is 19.1. The second-order valence-corrected chi connectivity index (χ2v) is 6.32. The fourth-order valence-electron chi connectivity index (χ4n) is 2.51. The molecule has 0 amide bonds. The third kappa shape index (κ3) is 3.95. The van der Waals surface area contributed by atoms with Gasteiger partial charge in [0.05, 0.1) is 11.4 Å². The number of hydrogen-bond donors (Lipinski definition) is 3. The Labute approximate surface area is 164 Å². The van der Waals surface area contributed by atoms with Gasteiger partial charge < -0.3 is 15.6 Å². The topological polar surface area (TPSA) is 141 Å². The van der Waals surface area contributed by atoms with Crippen molar-refractivity contribution in [3.8, 4) is 28.6 Å². The van der Waals surface area contributed by atoms with Crippen LogP contribution in [0.4, 0.5) is 4.39 Å². The zero-order valence-electron chi connectivity index (χ0n) is 15.3. The first-order valence-electron chi connectivity index (χ1n) is 8.68. The summed E-state index contributed by atoms with van der Waals surface area (Å²) in [6, 6.07) is 9.06. The lowest BCUT2D eigenvalue weighted by Crippen LogP contribution is -2.25. The molecule has 4 aromatic rings. The third-order valence-electron chi connectivity index (χ3n) is 4.09. The number of rotatable bonds is 6. The van der Waals surface area contributed by atoms with Gasteiger partial charge in [0.15, 0.2) is 5.82 Å². The molecule has 0 fully saturated rings. The van der Waals surface area contributed by atoms with Gasteiger partial charge in [0, 0.05) is 24.0 Å². The molecule has 3 heterocycles. The Bertz CT molecular complexity index is 1100. The van der Waals surface area contributed by atoms with E-state index in [1.54, 1.807) is 43.5 Å². The quantitative estimate of drug-likeness (QED) is 0.448. The highest BCUT2D eigenvalue weighted by molar-refractivity contribution is 5.57. The lowest BCUT2D eigenvalue weighted by Gasteiger charge is -2.09. The number of pyridine rings is 1.